The lowest BCUT2D eigenvalue weighted by atomic mass is 10.1. The number of amides is 1. The number of hydrogen-bond acceptors (Lipinski definition) is 5. The van der Waals surface area contributed by atoms with Gasteiger partial charge < -0.3 is 9.80 Å². The van der Waals surface area contributed by atoms with E-state index in [1.807, 2.05) is 4.90 Å². The summed E-state index contributed by atoms with van der Waals surface area (Å²) in [4.78, 5) is 20.3. The normalized spacial score (nSPS) is 15.6. The van der Waals surface area contributed by atoms with Gasteiger partial charge in [0.2, 0.25) is 0 Å². The number of piperazine rings is 1. The Hall–Kier alpha value is -2.48. The van der Waals surface area contributed by atoms with Gasteiger partial charge in [0.1, 0.15) is 5.82 Å². The van der Waals surface area contributed by atoms with Crippen molar-refractivity contribution in [2.45, 2.75) is 30.5 Å². The van der Waals surface area contributed by atoms with Crippen molar-refractivity contribution in [1.82, 2.24) is 9.88 Å². The maximum Gasteiger partial charge on any atom is 0.256 e. The van der Waals surface area contributed by atoms with Crippen LogP contribution in [0, 0.1) is 5.82 Å². The third-order valence-electron chi connectivity index (χ3n) is 4.84. The molecule has 0 saturated carbocycles. The molecule has 1 amide bonds. The minimum atomic E-state index is -3.50. The number of nitrogens with zero attached hydrogens (tertiary/aromatic N) is 3. The Morgan fingerprint density at radius 3 is 2.21 bits per heavy atom. The SMILES string of the molecule is CC(C)(C)S(=O)(=O)c1ccc(N2CCN(C(=O)c3ccccc3F)CC2)cn1. The van der Waals surface area contributed by atoms with E-state index in [1.165, 1.54) is 18.2 Å². The summed E-state index contributed by atoms with van der Waals surface area (Å²) in [5.41, 5.74) is 0.875. The molecule has 2 aromatic rings. The van der Waals surface area contributed by atoms with E-state index >= 15 is 0 Å². The van der Waals surface area contributed by atoms with Crippen molar-refractivity contribution in [2.24, 2.45) is 0 Å². The van der Waals surface area contributed by atoms with Crippen molar-refractivity contribution < 1.29 is 17.6 Å². The molecule has 3 rings (SSSR count). The second-order valence-corrected chi connectivity index (χ2v) is 10.4. The molecule has 28 heavy (non-hydrogen) atoms. The van der Waals surface area contributed by atoms with Crippen LogP contribution in [0.2, 0.25) is 0 Å². The van der Waals surface area contributed by atoms with Gasteiger partial charge in [-0.05, 0) is 45.0 Å². The number of carbonyl (C=O) groups is 1. The van der Waals surface area contributed by atoms with Gasteiger partial charge >= 0.3 is 0 Å². The Morgan fingerprint density at radius 1 is 1.04 bits per heavy atom. The summed E-state index contributed by atoms with van der Waals surface area (Å²) in [7, 11) is -3.50. The summed E-state index contributed by atoms with van der Waals surface area (Å²) in [6, 6.07) is 9.23. The second kappa shape index (κ2) is 7.50. The Labute approximate surface area is 164 Å². The molecule has 6 nitrogen and oxygen atoms in total. The van der Waals surface area contributed by atoms with E-state index in [0.717, 1.165) is 5.69 Å². The van der Waals surface area contributed by atoms with Crippen LogP contribution in [0.15, 0.2) is 47.6 Å². The smallest absolute Gasteiger partial charge is 0.256 e. The number of carbonyl (C=O) groups excluding carboxylic acids is 1. The number of sulfone groups is 1. The first kappa shape index (κ1) is 20.3. The topological polar surface area (TPSA) is 70.6 Å². The molecular weight excluding hydrogens is 381 g/mol. The van der Waals surface area contributed by atoms with E-state index in [2.05, 4.69) is 4.98 Å². The summed E-state index contributed by atoms with van der Waals surface area (Å²) >= 11 is 0. The second-order valence-electron chi connectivity index (χ2n) is 7.73. The third-order valence-corrected chi connectivity index (χ3v) is 7.24. The van der Waals surface area contributed by atoms with Crippen LogP contribution in [0.25, 0.3) is 0 Å². The van der Waals surface area contributed by atoms with Crippen LogP contribution in [0.3, 0.4) is 0 Å². The number of halogens is 1. The quantitative estimate of drug-likeness (QED) is 0.785. The predicted molar refractivity (Wildman–Crippen MR) is 106 cm³/mol. The molecule has 1 fully saturated rings. The number of anilines is 1. The molecular formula is C20H24FN3O3S. The Kier molecular flexibility index (Phi) is 5.43. The van der Waals surface area contributed by atoms with Gasteiger partial charge in [-0.2, -0.15) is 0 Å². The van der Waals surface area contributed by atoms with E-state index in [9.17, 15) is 17.6 Å². The monoisotopic (exact) mass is 405 g/mol. The first-order chi connectivity index (χ1) is 13.1. The van der Waals surface area contributed by atoms with E-state index in [0.29, 0.717) is 26.2 Å². The fraction of sp³-hybridized carbons (Fsp3) is 0.400. The molecule has 8 heteroatoms. The Bertz CT molecular complexity index is 961. The molecule has 2 heterocycles. The van der Waals surface area contributed by atoms with Gasteiger partial charge in [-0.25, -0.2) is 17.8 Å². The molecule has 1 aromatic carbocycles. The van der Waals surface area contributed by atoms with Crippen LogP contribution >= 0.6 is 0 Å². The molecule has 0 unspecified atom stereocenters. The van der Waals surface area contributed by atoms with E-state index in [4.69, 9.17) is 0 Å². The largest absolute Gasteiger partial charge is 0.367 e. The number of rotatable bonds is 3. The van der Waals surface area contributed by atoms with E-state index in [1.54, 1.807) is 50.1 Å². The average molecular weight is 405 g/mol. The zero-order valence-corrected chi connectivity index (χ0v) is 17.0. The van der Waals surface area contributed by atoms with E-state index in [-0.39, 0.29) is 16.5 Å². The van der Waals surface area contributed by atoms with Gasteiger partial charge in [-0.1, -0.05) is 12.1 Å². The maximum absolute atomic E-state index is 13.8. The molecule has 1 aliphatic rings. The summed E-state index contributed by atoms with van der Waals surface area (Å²) in [6.45, 7) is 6.96. The molecule has 0 bridgehead atoms. The molecule has 1 saturated heterocycles. The lowest BCUT2D eigenvalue weighted by Crippen LogP contribution is -2.49. The van der Waals surface area contributed by atoms with Crippen LogP contribution in [0.1, 0.15) is 31.1 Å². The van der Waals surface area contributed by atoms with Crippen molar-refractivity contribution in [1.29, 1.82) is 0 Å². The van der Waals surface area contributed by atoms with Crippen LogP contribution in [0.4, 0.5) is 10.1 Å². The fourth-order valence-electron chi connectivity index (χ4n) is 3.00. The number of pyridine rings is 1. The standard InChI is InChI=1S/C20H24FN3O3S/c1-20(2,3)28(26,27)18-9-8-15(14-22-18)23-10-12-24(13-11-23)19(25)16-6-4-5-7-17(16)21/h4-9,14H,10-13H2,1-3H3. The molecule has 0 spiro atoms. The molecule has 0 radical (unpaired) electrons. The third kappa shape index (κ3) is 3.87. The Morgan fingerprint density at radius 2 is 1.68 bits per heavy atom. The van der Waals surface area contributed by atoms with E-state index < -0.39 is 20.4 Å². The van der Waals surface area contributed by atoms with Gasteiger partial charge in [-0.15, -0.1) is 0 Å². The number of hydrogen-bond donors (Lipinski definition) is 0. The zero-order valence-electron chi connectivity index (χ0n) is 16.2. The lowest BCUT2D eigenvalue weighted by Gasteiger charge is -2.36. The highest BCUT2D eigenvalue weighted by Gasteiger charge is 2.32. The number of aromatic nitrogens is 1. The maximum atomic E-state index is 13.8. The van der Waals surface area contributed by atoms with Crippen LogP contribution in [-0.2, 0) is 9.84 Å². The van der Waals surface area contributed by atoms with Crippen LogP contribution in [-0.4, -0.2) is 55.1 Å². The Balaban J connectivity index is 1.67. The fourth-order valence-corrected chi connectivity index (χ4v) is 4.07. The van der Waals surface area contributed by atoms with Gasteiger partial charge in [0.25, 0.3) is 5.91 Å². The van der Waals surface area contributed by atoms with Crippen LogP contribution < -0.4 is 4.90 Å². The highest BCUT2D eigenvalue weighted by molar-refractivity contribution is 7.92. The first-order valence-corrected chi connectivity index (χ1v) is 10.6. The molecule has 0 atom stereocenters. The number of benzene rings is 1. The summed E-state index contributed by atoms with van der Waals surface area (Å²) in [6.07, 6.45) is 1.55. The predicted octanol–water partition coefficient (Wildman–Crippen LogP) is 2.76. The van der Waals surface area contributed by atoms with Crippen molar-refractivity contribution in [2.75, 3.05) is 31.1 Å². The summed E-state index contributed by atoms with van der Waals surface area (Å²) in [5.74, 6) is -0.836. The molecule has 0 aliphatic carbocycles. The van der Waals surface area contributed by atoms with Crippen molar-refractivity contribution in [3.05, 3.63) is 54.0 Å². The first-order valence-electron chi connectivity index (χ1n) is 9.11. The van der Waals surface area contributed by atoms with Gasteiger partial charge in [0.05, 0.1) is 22.2 Å². The molecule has 150 valence electrons. The molecule has 1 aliphatic heterocycles. The minimum Gasteiger partial charge on any atom is -0.367 e. The van der Waals surface area contributed by atoms with Crippen molar-refractivity contribution >= 4 is 21.4 Å². The highest BCUT2D eigenvalue weighted by atomic mass is 32.2. The summed E-state index contributed by atoms with van der Waals surface area (Å²) < 4.78 is 37.9. The zero-order chi connectivity index (χ0) is 20.5. The molecule has 0 N–H and O–H groups in total. The van der Waals surface area contributed by atoms with Gasteiger partial charge in [-0.3, -0.25) is 4.79 Å². The summed E-state index contributed by atoms with van der Waals surface area (Å²) in [5, 5.41) is 0.0529. The molecule has 1 aromatic heterocycles. The van der Waals surface area contributed by atoms with Crippen molar-refractivity contribution in [3.63, 3.8) is 0 Å². The van der Waals surface area contributed by atoms with Crippen LogP contribution in [0.5, 0.6) is 0 Å². The highest BCUT2D eigenvalue weighted by Crippen LogP contribution is 2.25. The van der Waals surface area contributed by atoms with Gasteiger partial charge in [0.15, 0.2) is 14.9 Å². The van der Waals surface area contributed by atoms with Gasteiger partial charge in [0, 0.05) is 26.2 Å². The average Bonchev–Trinajstić information content (AvgIpc) is 2.67. The lowest BCUT2D eigenvalue weighted by molar-refractivity contribution is 0.0742. The van der Waals surface area contributed by atoms with Crippen molar-refractivity contribution in [3.8, 4) is 0 Å². The minimum absolute atomic E-state index is 0.0529.